The third-order valence-corrected chi connectivity index (χ3v) is 4.96. The monoisotopic (exact) mass is 279 g/mol. The van der Waals surface area contributed by atoms with Gasteiger partial charge in [-0.05, 0) is 50.0 Å². The first-order valence-electron chi connectivity index (χ1n) is 7.43. The summed E-state index contributed by atoms with van der Waals surface area (Å²) in [4.78, 5) is 16.0. The molecule has 1 aliphatic carbocycles. The molecule has 0 spiro atoms. The van der Waals surface area contributed by atoms with Gasteiger partial charge in [0.1, 0.15) is 0 Å². The SMILES string of the molecule is CC(C)C(C)N(C(=O)CCCc1cccs1)C1CC1. The molecule has 0 bridgehead atoms. The zero-order valence-electron chi connectivity index (χ0n) is 12.3. The van der Waals surface area contributed by atoms with Crippen molar-refractivity contribution in [3.05, 3.63) is 22.4 Å². The highest BCUT2D eigenvalue weighted by Crippen LogP contribution is 2.31. The van der Waals surface area contributed by atoms with E-state index in [1.807, 2.05) is 0 Å². The van der Waals surface area contributed by atoms with Gasteiger partial charge in [0.05, 0.1) is 0 Å². The largest absolute Gasteiger partial charge is 0.337 e. The van der Waals surface area contributed by atoms with Gasteiger partial charge in [0, 0.05) is 23.4 Å². The summed E-state index contributed by atoms with van der Waals surface area (Å²) in [6, 6.07) is 5.15. The van der Waals surface area contributed by atoms with E-state index >= 15 is 0 Å². The van der Waals surface area contributed by atoms with Crippen LogP contribution in [0, 0.1) is 5.92 Å². The van der Waals surface area contributed by atoms with Crippen LogP contribution in [0.3, 0.4) is 0 Å². The molecule has 1 aromatic rings. The highest BCUT2D eigenvalue weighted by molar-refractivity contribution is 7.09. The summed E-state index contributed by atoms with van der Waals surface area (Å²) >= 11 is 1.79. The Morgan fingerprint density at radius 1 is 1.42 bits per heavy atom. The van der Waals surface area contributed by atoms with Gasteiger partial charge in [-0.3, -0.25) is 4.79 Å². The van der Waals surface area contributed by atoms with Crippen molar-refractivity contribution in [1.29, 1.82) is 0 Å². The molecule has 0 N–H and O–H groups in total. The van der Waals surface area contributed by atoms with Gasteiger partial charge in [-0.1, -0.05) is 19.9 Å². The lowest BCUT2D eigenvalue weighted by Gasteiger charge is -2.32. The van der Waals surface area contributed by atoms with E-state index < -0.39 is 0 Å². The van der Waals surface area contributed by atoms with Gasteiger partial charge in [-0.15, -0.1) is 11.3 Å². The number of nitrogens with zero attached hydrogens (tertiary/aromatic N) is 1. The minimum atomic E-state index is 0.361. The Balaban J connectivity index is 1.82. The Kier molecular flexibility index (Phi) is 5.03. The van der Waals surface area contributed by atoms with Crippen LogP contribution in [0.15, 0.2) is 17.5 Å². The molecule has 1 saturated carbocycles. The topological polar surface area (TPSA) is 20.3 Å². The first-order valence-corrected chi connectivity index (χ1v) is 8.31. The quantitative estimate of drug-likeness (QED) is 0.735. The van der Waals surface area contributed by atoms with Crippen LogP contribution in [0.5, 0.6) is 0 Å². The zero-order valence-corrected chi connectivity index (χ0v) is 13.1. The van der Waals surface area contributed by atoms with Crippen LogP contribution in [-0.4, -0.2) is 22.9 Å². The molecule has 1 aliphatic rings. The van der Waals surface area contributed by atoms with Crippen LogP contribution in [0.2, 0.25) is 0 Å². The molecule has 2 nitrogen and oxygen atoms in total. The van der Waals surface area contributed by atoms with Crippen molar-refractivity contribution < 1.29 is 4.79 Å². The molecule has 1 amide bonds. The first kappa shape index (κ1) is 14.6. The summed E-state index contributed by atoms with van der Waals surface area (Å²) in [5.41, 5.74) is 0. The molecule has 1 unspecified atom stereocenters. The average Bonchev–Trinajstić information content (AvgIpc) is 3.05. The summed E-state index contributed by atoms with van der Waals surface area (Å²) in [6.45, 7) is 6.61. The summed E-state index contributed by atoms with van der Waals surface area (Å²) in [6.07, 6.45) is 5.12. The molecule has 1 atom stereocenters. The van der Waals surface area contributed by atoms with E-state index in [9.17, 15) is 4.79 Å². The smallest absolute Gasteiger partial charge is 0.223 e. The molecular formula is C16H25NOS. The van der Waals surface area contributed by atoms with Gasteiger partial charge in [-0.2, -0.15) is 0 Å². The fourth-order valence-electron chi connectivity index (χ4n) is 2.43. The van der Waals surface area contributed by atoms with Gasteiger partial charge in [0.25, 0.3) is 0 Å². The molecule has 3 heteroatoms. The summed E-state index contributed by atoms with van der Waals surface area (Å²) < 4.78 is 0. The number of carbonyl (C=O) groups is 1. The standard InChI is InChI=1S/C16H25NOS/c1-12(2)13(3)17(14-9-10-14)16(18)8-4-6-15-7-5-11-19-15/h5,7,11-14H,4,6,8-10H2,1-3H3. The van der Waals surface area contributed by atoms with Gasteiger partial charge < -0.3 is 4.90 Å². The zero-order chi connectivity index (χ0) is 13.8. The van der Waals surface area contributed by atoms with Crippen molar-refractivity contribution >= 4 is 17.2 Å². The number of hydrogen-bond acceptors (Lipinski definition) is 2. The lowest BCUT2D eigenvalue weighted by molar-refractivity contribution is -0.134. The summed E-state index contributed by atoms with van der Waals surface area (Å²) in [5, 5.41) is 2.11. The van der Waals surface area contributed by atoms with Crippen LogP contribution >= 0.6 is 11.3 Å². The van der Waals surface area contributed by atoms with Crippen molar-refractivity contribution in [1.82, 2.24) is 4.90 Å². The fourth-order valence-corrected chi connectivity index (χ4v) is 3.19. The first-order chi connectivity index (χ1) is 9.09. The Morgan fingerprint density at radius 3 is 2.68 bits per heavy atom. The lowest BCUT2D eigenvalue weighted by atomic mass is 10.0. The summed E-state index contributed by atoms with van der Waals surface area (Å²) in [5.74, 6) is 0.905. The second-order valence-electron chi connectivity index (χ2n) is 5.95. The molecule has 19 heavy (non-hydrogen) atoms. The maximum Gasteiger partial charge on any atom is 0.223 e. The highest BCUT2D eigenvalue weighted by Gasteiger charge is 2.36. The molecular weight excluding hydrogens is 254 g/mol. The highest BCUT2D eigenvalue weighted by atomic mass is 32.1. The van der Waals surface area contributed by atoms with Gasteiger partial charge in [0.2, 0.25) is 5.91 Å². The Labute approximate surface area is 120 Å². The fraction of sp³-hybridized carbons (Fsp3) is 0.688. The van der Waals surface area contributed by atoms with Gasteiger partial charge >= 0.3 is 0 Å². The molecule has 2 rings (SSSR count). The van der Waals surface area contributed by atoms with Gasteiger partial charge in [0.15, 0.2) is 0 Å². The second-order valence-corrected chi connectivity index (χ2v) is 6.98. The summed E-state index contributed by atoms with van der Waals surface area (Å²) in [7, 11) is 0. The van der Waals surface area contributed by atoms with E-state index in [4.69, 9.17) is 0 Å². The minimum absolute atomic E-state index is 0.361. The Morgan fingerprint density at radius 2 is 2.16 bits per heavy atom. The molecule has 0 aliphatic heterocycles. The van der Waals surface area contributed by atoms with E-state index in [2.05, 4.69) is 43.2 Å². The van der Waals surface area contributed by atoms with Gasteiger partial charge in [-0.25, -0.2) is 0 Å². The third kappa shape index (κ3) is 4.07. The molecule has 1 aromatic heterocycles. The maximum atomic E-state index is 12.4. The number of amides is 1. The average molecular weight is 279 g/mol. The molecule has 0 aromatic carbocycles. The van der Waals surface area contributed by atoms with Crippen LogP contribution in [0.1, 0.15) is 51.3 Å². The Bertz CT molecular complexity index is 395. The van der Waals surface area contributed by atoms with Crippen molar-refractivity contribution in [3.8, 4) is 0 Å². The van der Waals surface area contributed by atoms with Crippen molar-refractivity contribution in [2.75, 3.05) is 0 Å². The minimum Gasteiger partial charge on any atom is -0.337 e. The number of carbonyl (C=O) groups excluding carboxylic acids is 1. The molecule has 0 radical (unpaired) electrons. The van der Waals surface area contributed by atoms with Crippen molar-refractivity contribution in [3.63, 3.8) is 0 Å². The predicted molar refractivity (Wildman–Crippen MR) is 81.4 cm³/mol. The molecule has 0 saturated heterocycles. The van der Waals surface area contributed by atoms with E-state index in [0.29, 0.717) is 30.3 Å². The van der Waals surface area contributed by atoms with Crippen molar-refractivity contribution in [2.45, 2.75) is 65.0 Å². The molecule has 1 heterocycles. The second kappa shape index (κ2) is 6.56. The van der Waals surface area contributed by atoms with Crippen LogP contribution in [-0.2, 0) is 11.2 Å². The van der Waals surface area contributed by atoms with E-state index in [-0.39, 0.29) is 0 Å². The van der Waals surface area contributed by atoms with Crippen LogP contribution in [0.25, 0.3) is 0 Å². The van der Waals surface area contributed by atoms with Crippen molar-refractivity contribution in [2.24, 2.45) is 5.92 Å². The van der Waals surface area contributed by atoms with Crippen LogP contribution in [0.4, 0.5) is 0 Å². The number of aryl methyl sites for hydroxylation is 1. The number of hydrogen-bond donors (Lipinski definition) is 0. The third-order valence-electron chi connectivity index (χ3n) is 4.03. The van der Waals surface area contributed by atoms with E-state index in [0.717, 1.165) is 12.8 Å². The molecule has 106 valence electrons. The lowest BCUT2D eigenvalue weighted by Crippen LogP contribution is -2.43. The Hall–Kier alpha value is -0.830. The van der Waals surface area contributed by atoms with E-state index in [1.54, 1.807) is 11.3 Å². The maximum absolute atomic E-state index is 12.4. The predicted octanol–water partition coefficient (Wildman–Crippen LogP) is 4.11. The van der Waals surface area contributed by atoms with Crippen LogP contribution < -0.4 is 0 Å². The van der Waals surface area contributed by atoms with E-state index in [1.165, 1.54) is 17.7 Å². The number of rotatable bonds is 7. The normalized spacial score (nSPS) is 16.6. The molecule has 1 fully saturated rings. The number of thiophene rings is 1.